The molecule has 1 aliphatic rings. The van der Waals surface area contributed by atoms with E-state index in [1.807, 2.05) is 0 Å². The highest BCUT2D eigenvalue weighted by Gasteiger charge is 2.34. The fourth-order valence-electron chi connectivity index (χ4n) is 2.11. The van der Waals surface area contributed by atoms with Crippen molar-refractivity contribution >= 4 is 38.5 Å². The van der Waals surface area contributed by atoms with Crippen molar-refractivity contribution in [3.63, 3.8) is 0 Å². The van der Waals surface area contributed by atoms with Crippen LogP contribution in [-0.4, -0.2) is 17.0 Å². The molecule has 0 amide bonds. The second-order valence-electron chi connectivity index (χ2n) is 5.33. The number of amidine groups is 1. The monoisotopic (exact) mass is 380 g/mol. The fraction of sp³-hybridized carbons (Fsp3) is 0.500. The third-order valence-electron chi connectivity index (χ3n) is 2.98. The van der Waals surface area contributed by atoms with Gasteiger partial charge in [0.1, 0.15) is 0 Å². The van der Waals surface area contributed by atoms with Crippen molar-refractivity contribution in [3.05, 3.63) is 28.2 Å². The Hall–Kier alpha value is -0.690. The van der Waals surface area contributed by atoms with Crippen molar-refractivity contribution in [1.29, 1.82) is 0 Å². The van der Waals surface area contributed by atoms with Crippen molar-refractivity contribution in [2.45, 2.75) is 31.7 Å². The van der Waals surface area contributed by atoms with Gasteiger partial charge in [-0.25, -0.2) is 0 Å². The minimum atomic E-state index is -4.40. The van der Waals surface area contributed by atoms with Crippen molar-refractivity contribution in [1.82, 2.24) is 0 Å². The Labute approximate surface area is 134 Å². The molecule has 2 nitrogen and oxygen atoms in total. The van der Waals surface area contributed by atoms with Crippen LogP contribution in [0.2, 0.25) is 0 Å². The van der Waals surface area contributed by atoms with Gasteiger partial charge in [0.25, 0.3) is 0 Å². The molecule has 0 aliphatic carbocycles. The van der Waals surface area contributed by atoms with Gasteiger partial charge in [-0.1, -0.05) is 41.5 Å². The molecule has 1 N–H and O–H groups in total. The first kappa shape index (κ1) is 16.7. The zero-order chi connectivity index (χ0) is 15.6. The molecule has 0 fully saturated rings. The number of nitrogens with zero attached hydrogens (tertiary/aromatic N) is 1. The molecule has 0 bridgehead atoms. The molecule has 1 aromatic carbocycles. The van der Waals surface area contributed by atoms with Gasteiger partial charge in [-0.3, -0.25) is 4.99 Å². The number of thioether (sulfide) groups is 1. The Balaban J connectivity index is 2.11. The number of alkyl halides is 3. The van der Waals surface area contributed by atoms with Gasteiger partial charge in [-0.2, -0.15) is 13.2 Å². The van der Waals surface area contributed by atoms with Crippen molar-refractivity contribution < 1.29 is 13.2 Å². The van der Waals surface area contributed by atoms with Gasteiger partial charge in [-0.05, 0) is 30.5 Å². The van der Waals surface area contributed by atoms with E-state index in [0.29, 0.717) is 27.4 Å². The molecule has 0 aromatic heterocycles. The van der Waals surface area contributed by atoms with Gasteiger partial charge in [0.15, 0.2) is 5.17 Å². The topological polar surface area (TPSA) is 24.4 Å². The number of hydrogen-bond donors (Lipinski definition) is 1. The molecule has 0 spiro atoms. The molecule has 1 aromatic rings. The number of halogens is 4. The number of benzene rings is 1. The maximum atomic E-state index is 13.0. The summed E-state index contributed by atoms with van der Waals surface area (Å²) in [4.78, 5) is 4.30. The molecule has 0 radical (unpaired) electrons. The summed E-state index contributed by atoms with van der Waals surface area (Å²) < 4.78 is 39.5. The van der Waals surface area contributed by atoms with E-state index in [1.165, 1.54) is 17.8 Å². The molecule has 0 saturated heterocycles. The van der Waals surface area contributed by atoms with Crippen LogP contribution >= 0.6 is 27.7 Å². The Bertz CT molecular complexity index is 544. The van der Waals surface area contributed by atoms with E-state index in [4.69, 9.17) is 0 Å². The summed E-state index contributed by atoms with van der Waals surface area (Å²) >= 11 is 4.59. The minimum absolute atomic E-state index is 0.0437. The largest absolute Gasteiger partial charge is 0.418 e. The predicted octanol–water partition coefficient (Wildman–Crippen LogP) is 5.40. The van der Waals surface area contributed by atoms with E-state index in [2.05, 4.69) is 40.1 Å². The lowest BCUT2D eigenvalue weighted by Gasteiger charge is -2.15. The zero-order valence-corrected chi connectivity index (χ0v) is 14.1. The lowest BCUT2D eigenvalue weighted by atomic mass is 10.1. The molecule has 7 heteroatoms. The van der Waals surface area contributed by atoms with Gasteiger partial charge in [-0.15, -0.1) is 0 Å². The smallest absolute Gasteiger partial charge is 0.334 e. The van der Waals surface area contributed by atoms with E-state index in [0.717, 1.165) is 12.5 Å². The van der Waals surface area contributed by atoms with Crippen LogP contribution in [0.15, 0.2) is 27.7 Å². The lowest BCUT2D eigenvalue weighted by molar-refractivity contribution is -0.136. The first-order chi connectivity index (χ1) is 9.75. The van der Waals surface area contributed by atoms with Gasteiger partial charge in [0.05, 0.1) is 17.8 Å². The summed E-state index contributed by atoms with van der Waals surface area (Å²) in [7, 11) is 0. The van der Waals surface area contributed by atoms with Gasteiger partial charge in [0, 0.05) is 9.72 Å². The van der Waals surface area contributed by atoms with Crippen LogP contribution in [-0.2, 0) is 6.18 Å². The normalized spacial score (nSPS) is 19.0. The number of nitrogens with one attached hydrogen (secondary N) is 1. The second-order valence-corrected chi connectivity index (χ2v) is 7.53. The van der Waals surface area contributed by atoms with Crippen molar-refractivity contribution in [2.75, 3.05) is 11.9 Å². The minimum Gasteiger partial charge on any atom is -0.334 e. The SMILES string of the molecule is CC(C)CC1CN=C(Nc2ccc(Br)cc2C(F)(F)F)S1. The number of anilines is 1. The Morgan fingerprint density at radius 2 is 2.14 bits per heavy atom. The maximum Gasteiger partial charge on any atom is 0.418 e. The maximum absolute atomic E-state index is 13.0. The Morgan fingerprint density at radius 1 is 1.43 bits per heavy atom. The summed E-state index contributed by atoms with van der Waals surface area (Å²) in [5.74, 6) is 0.551. The molecule has 0 saturated carbocycles. The summed E-state index contributed by atoms with van der Waals surface area (Å²) in [5.41, 5.74) is -0.644. The standard InChI is InChI=1S/C14H16BrF3N2S/c1-8(2)5-10-7-19-13(21-10)20-12-4-3-9(15)6-11(12)14(16,17)18/h3-4,6,8,10H,5,7H2,1-2H3,(H,19,20). The molecular weight excluding hydrogens is 365 g/mol. The van der Waals surface area contributed by atoms with E-state index in [1.54, 1.807) is 6.07 Å². The summed E-state index contributed by atoms with van der Waals surface area (Å²) in [6.45, 7) is 4.91. The van der Waals surface area contributed by atoms with Gasteiger partial charge < -0.3 is 5.32 Å². The third-order valence-corrected chi connectivity index (χ3v) is 4.60. The van der Waals surface area contributed by atoms with Crippen LogP contribution in [0.1, 0.15) is 25.8 Å². The van der Waals surface area contributed by atoms with E-state index < -0.39 is 11.7 Å². The van der Waals surface area contributed by atoms with Crippen LogP contribution in [0.5, 0.6) is 0 Å². The highest BCUT2D eigenvalue weighted by Crippen LogP contribution is 2.37. The average Bonchev–Trinajstić information content (AvgIpc) is 2.76. The summed E-state index contributed by atoms with van der Waals surface area (Å²) in [6.07, 6.45) is -3.39. The van der Waals surface area contributed by atoms with Crippen molar-refractivity contribution in [2.24, 2.45) is 10.9 Å². The molecule has 1 heterocycles. The molecule has 21 heavy (non-hydrogen) atoms. The van der Waals surface area contributed by atoms with E-state index in [-0.39, 0.29) is 5.69 Å². The quantitative estimate of drug-likeness (QED) is 0.759. The van der Waals surface area contributed by atoms with Crippen LogP contribution in [0.4, 0.5) is 18.9 Å². The molecule has 1 unspecified atom stereocenters. The number of rotatable bonds is 3. The van der Waals surface area contributed by atoms with Gasteiger partial charge >= 0.3 is 6.18 Å². The highest BCUT2D eigenvalue weighted by atomic mass is 79.9. The van der Waals surface area contributed by atoms with Gasteiger partial charge in [0.2, 0.25) is 0 Å². The zero-order valence-electron chi connectivity index (χ0n) is 11.7. The molecule has 2 rings (SSSR count). The first-order valence-corrected chi connectivity index (χ1v) is 8.28. The van der Waals surface area contributed by atoms with E-state index in [9.17, 15) is 13.2 Å². The molecule has 1 atom stereocenters. The van der Waals surface area contributed by atoms with Crippen LogP contribution in [0.25, 0.3) is 0 Å². The molecular formula is C14H16BrF3N2S. The highest BCUT2D eigenvalue weighted by molar-refractivity contribution is 9.10. The predicted molar refractivity (Wildman–Crippen MR) is 85.9 cm³/mol. The third kappa shape index (κ3) is 4.64. The second kappa shape index (κ2) is 6.60. The Morgan fingerprint density at radius 3 is 2.76 bits per heavy atom. The van der Waals surface area contributed by atoms with E-state index >= 15 is 0 Å². The number of hydrogen-bond acceptors (Lipinski definition) is 3. The van der Waals surface area contributed by atoms with Crippen LogP contribution in [0, 0.1) is 5.92 Å². The van der Waals surface area contributed by atoms with Crippen LogP contribution < -0.4 is 5.32 Å². The van der Waals surface area contributed by atoms with Crippen molar-refractivity contribution in [3.8, 4) is 0 Å². The first-order valence-electron chi connectivity index (χ1n) is 6.60. The Kier molecular flexibility index (Phi) is 5.24. The molecule has 1 aliphatic heterocycles. The molecule has 116 valence electrons. The number of aliphatic imine (C=N–C) groups is 1. The summed E-state index contributed by atoms with van der Waals surface area (Å²) in [5, 5.41) is 3.73. The summed E-state index contributed by atoms with van der Waals surface area (Å²) in [6, 6.07) is 4.09. The van der Waals surface area contributed by atoms with Crippen LogP contribution in [0.3, 0.4) is 0 Å². The fourth-order valence-corrected chi connectivity index (χ4v) is 3.73. The lowest BCUT2D eigenvalue weighted by Crippen LogP contribution is -2.14. The average molecular weight is 381 g/mol.